The minimum Gasteiger partial charge on any atom is -0.394 e. The van der Waals surface area contributed by atoms with Gasteiger partial charge in [-0.2, -0.15) is 0 Å². The van der Waals surface area contributed by atoms with E-state index in [2.05, 4.69) is 37.1 Å². The highest BCUT2D eigenvalue weighted by molar-refractivity contribution is 6.31. The highest BCUT2D eigenvalue weighted by Gasteiger charge is 2.34. The van der Waals surface area contributed by atoms with E-state index >= 15 is 0 Å². The maximum atomic E-state index is 9.46. The quantitative estimate of drug-likeness (QED) is 0.876. The van der Waals surface area contributed by atoms with Crippen LogP contribution in [0.5, 0.6) is 0 Å². The molecule has 1 heterocycles. The van der Waals surface area contributed by atoms with Crippen molar-refractivity contribution in [2.24, 2.45) is 0 Å². The van der Waals surface area contributed by atoms with Crippen LogP contribution in [-0.4, -0.2) is 43.1 Å². The molecule has 0 saturated carbocycles. The predicted octanol–water partition coefficient (Wildman–Crippen LogP) is 2.43. The molecule has 1 fully saturated rings. The molecule has 1 unspecified atom stereocenters. The molecule has 1 aliphatic rings. The third-order valence-electron chi connectivity index (χ3n) is 3.67. The van der Waals surface area contributed by atoms with Crippen molar-refractivity contribution in [3.05, 3.63) is 28.8 Å². The summed E-state index contributed by atoms with van der Waals surface area (Å²) in [5.74, 6) is 0. The summed E-state index contributed by atoms with van der Waals surface area (Å²) in [6.45, 7) is 9.32. The SMILES string of the molecule is CCNCc1c(Cl)cccc1N1CC(CO)OC(C)(C)C1. The summed E-state index contributed by atoms with van der Waals surface area (Å²) in [7, 11) is 0. The molecule has 2 rings (SSSR count). The number of morpholine rings is 1. The summed E-state index contributed by atoms with van der Waals surface area (Å²) in [6.07, 6.45) is -0.167. The van der Waals surface area contributed by atoms with Crippen LogP contribution in [0.4, 0.5) is 5.69 Å². The molecule has 2 N–H and O–H groups in total. The average Bonchev–Trinajstić information content (AvgIpc) is 2.44. The van der Waals surface area contributed by atoms with Crippen molar-refractivity contribution < 1.29 is 9.84 Å². The van der Waals surface area contributed by atoms with Crippen LogP contribution in [0, 0.1) is 0 Å². The van der Waals surface area contributed by atoms with E-state index in [1.54, 1.807) is 0 Å². The number of rotatable bonds is 5. The van der Waals surface area contributed by atoms with Crippen molar-refractivity contribution in [1.29, 1.82) is 0 Å². The summed E-state index contributed by atoms with van der Waals surface area (Å²) < 4.78 is 5.89. The van der Waals surface area contributed by atoms with Gasteiger partial charge < -0.3 is 20.1 Å². The van der Waals surface area contributed by atoms with Crippen molar-refractivity contribution in [2.75, 3.05) is 31.1 Å². The van der Waals surface area contributed by atoms with E-state index in [4.69, 9.17) is 16.3 Å². The second kappa shape index (κ2) is 6.97. The lowest BCUT2D eigenvalue weighted by Gasteiger charge is -2.44. The van der Waals surface area contributed by atoms with Gasteiger partial charge in [0.15, 0.2) is 0 Å². The zero-order chi connectivity index (χ0) is 15.5. The standard InChI is InChI=1S/C16H25ClN2O2/c1-4-18-8-13-14(17)6-5-7-15(13)19-9-12(10-20)21-16(2,3)11-19/h5-7,12,18,20H,4,8-11H2,1-3H3. The first-order valence-electron chi connectivity index (χ1n) is 7.48. The van der Waals surface area contributed by atoms with Gasteiger partial charge in [0.1, 0.15) is 0 Å². The van der Waals surface area contributed by atoms with Gasteiger partial charge in [0, 0.05) is 35.9 Å². The molecule has 0 amide bonds. The number of nitrogens with one attached hydrogen (secondary N) is 1. The van der Waals surface area contributed by atoms with Crippen LogP contribution in [0.3, 0.4) is 0 Å². The monoisotopic (exact) mass is 312 g/mol. The Morgan fingerprint density at radius 3 is 2.90 bits per heavy atom. The predicted molar refractivity (Wildman–Crippen MR) is 87.1 cm³/mol. The molecule has 1 aromatic rings. The summed E-state index contributed by atoms with van der Waals surface area (Å²) >= 11 is 6.38. The van der Waals surface area contributed by atoms with Crippen LogP contribution in [0.25, 0.3) is 0 Å². The van der Waals surface area contributed by atoms with Gasteiger partial charge in [-0.25, -0.2) is 0 Å². The number of benzene rings is 1. The van der Waals surface area contributed by atoms with Crippen molar-refractivity contribution in [3.63, 3.8) is 0 Å². The molecular weight excluding hydrogens is 288 g/mol. The van der Waals surface area contributed by atoms with Gasteiger partial charge >= 0.3 is 0 Å². The van der Waals surface area contributed by atoms with Crippen molar-refractivity contribution in [2.45, 2.75) is 39.0 Å². The van der Waals surface area contributed by atoms with Gasteiger partial charge in [-0.3, -0.25) is 0 Å². The molecule has 1 saturated heterocycles. The summed E-state index contributed by atoms with van der Waals surface area (Å²) in [5, 5.41) is 13.6. The molecule has 0 bridgehead atoms. The Hall–Kier alpha value is -0.810. The van der Waals surface area contributed by atoms with E-state index in [-0.39, 0.29) is 18.3 Å². The minimum atomic E-state index is -0.288. The summed E-state index contributed by atoms with van der Waals surface area (Å²) in [4.78, 5) is 2.27. The third-order valence-corrected chi connectivity index (χ3v) is 4.03. The van der Waals surface area contributed by atoms with Crippen LogP contribution in [0.1, 0.15) is 26.3 Å². The third kappa shape index (κ3) is 4.10. The minimum absolute atomic E-state index is 0.0308. The van der Waals surface area contributed by atoms with Gasteiger partial charge in [0.2, 0.25) is 0 Å². The molecule has 21 heavy (non-hydrogen) atoms. The fourth-order valence-corrected chi connectivity index (χ4v) is 3.08. The molecule has 0 aliphatic carbocycles. The molecule has 1 aromatic carbocycles. The highest BCUT2D eigenvalue weighted by Crippen LogP contribution is 2.32. The normalized spacial score (nSPS) is 21.6. The van der Waals surface area contributed by atoms with Gasteiger partial charge in [0.05, 0.1) is 18.3 Å². The number of aliphatic hydroxyl groups excluding tert-OH is 1. The average molecular weight is 313 g/mol. The van der Waals surface area contributed by atoms with Crippen LogP contribution >= 0.6 is 11.6 Å². The highest BCUT2D eigenvalue weighted by atomic mass is 35.5. The molecule has 1 aliphatic heterocycles. The van der Waals surface area contributed by atoms with Gasteiger partial charge in [-0.05, 0) is 32.5 Å². The maximum Gasteiger partial charge on any atom is 0.0988 e. The molecule has 1 atom stereocenters. The Morgan fingerprint density at radius 1 is 1.48 bits per heavy atom. The first-order chi connectivity index (χ1) is 9.96. The van der Waals surface area contributed by atoms with Crippen LogP contribution in [-0.2, 0) is 11.3 Å². The number of halogens is 1. The number of anilines is 1. The van der Waals surface area contributed by atoms with Crippen LogP contribution in [0.15, 0.2) is 18.2 Å². The van der Waals surface area contributed by atoms with Crippen molar-refractivity contribution in [3.8, 4) is 0 Å². The van der Waals surface area contributed by atoms with Crippen LogP contribution in [0.2, 0.25) is 5.02 Å². The van der Waals surface area contributed by atoms with E-state index in [9.17, 15) is 5.11 Å². The Morgan fingerprint density at radius 2 is 2.24 bits per heavy atom. The maximum absolute atomic E-state index is 9.46. The Balaban J connectivity index is 2.29. The molecule has 118 valence electrons. The van der Waals surface area contributed by atoms with Crippen LogP contribution < -0.4 is 10.2 Å². The Bertz CT molecular complexity index is 479. The van der Waals surface area contributed by atoms with E-state index in [1.807, 2.05) is 12.1 Å². The lowest BCUT2D eigenvalue weighted by Crippen LogP contribution is -2.54. The largest absolute Gasteiger partial charge is 0.394 e. The lowest BCUT2D eigenvalue weighted by atomic mass is 10.0. The van der Waals surface area contributed by atoms with Gasteiger partial charge in [-0.15, -0.1) is 0 Å². The van der Waals surface area contributed by atoms with E-state index in [0.29, 0.717) is 6.54 Å². The molecule has 0 aromatic heterocycles. The number of aliphatic hydroxyl groups is 1. The van der Waals surface area contributed by atoms with Crippen molar-refractivity contribution >= 4 is 17.3 Å². The van der Waals surface area contributed by atoms with E-state index < -0.39 is 0 Å². The molecule has 0 radical (unpaired) electrons. The number of hydrogen-bond acceptors (Lipinski definition) is 4. The zero-order valence-corrected chi connectivity index (χ0v) is 13.8. The number of nitrogens with zero attached hydrogens (tertiary/aromatic N) is 1. The van der Waals surface area contributed by atoms with E-state index in [0.717, 1.165) is 35.9 Å². The number of ether oxygens (including phenoxy) is 1. The first-order valence-corrected chi connectivity index (χ1v) is 7.86. The topological polar surface area (TPSA) is 44.7 Å². The van der Waals surface area contributed by atoms with Gasteiger partial charge in [-0.1, -0.05) is 24.6 Å². The lowest BCUT2D eigenvalue weighted by molar-refractivity contribution is -0.101. The fraction of sp³-hybridized carbons (Fsp3) is 0.625. The number of hydrogen-bond donors (Lipinski definition) is 2. The first kappa shape index (κ1) is 16.6. The summed E-state index contributed by atoms with van der Waals surface area (Å²) in [5.41, 5.74) is 1.94. The van der Waals surface area contributed by atoms with Gasteiger partial charge in [0.25, 0.3) is 0 Å². The smallest absolute Gasteiger partial charge is 0.0988 e. The fourth-order valence-electron chi connectivity index (χ4n) is 2.84. The summed E-state index contributed by atoms with van der Waals surface area (Å²) in [6, 6.07) is 5.99. The van der Waals surface area contributed by atoms with Crippen molar-refractivity contribution in [1.82, 2.24) is 5.32 Å². The Labute approximate surface area is 132 Å². The second-order valence-corrected chi connectivity index (χ2v) is 6.49. The second-order valence-electron chi connectivity index (χ2n) is 6.08. The zero-order valence-electron chi connectivity index (χ0n) is 13.0. The molecule has 5 heteroatoms. The molecule has 0 spiro atoms. The Kier molecular flexibility index (Phi) is 5.49. The molecular formula is C16H25ClN2O2. The molecule has 4 nitrogen and oxygen atoms in total. The van der Waals surface area contributed by atoms with E-state index in [1.165, 1.54) is 0 Å².